The fourth-order valence-electron chi connectivity index (χ4n) is 2.77. The lowest BCUT2D eigenvalue weighted by Crippen LogP contribution is -2.75. The van der Waals surface area contributed by atoms with Crippen LogP contribution >= 0.6 is 0 Å². The van der Waals surface area contributed by atoms with Gasteiger partial charge in [0.1, 0.15) is 0 Å². The molecule has 1 N–H and O–H groups in total. The van der Waals surface area contributed by atoms with Gasteiger partial charge in [-0.05, 0) is 24.1 Å². The van der Waals surface area contributed by atoms with E-state index in [-0.39, 0.29) is 17.1 Å². The predicted octanol–water partition coefficient (Wildman–Crippen LogP) is 6.37. The van der Waals surface area contributed by atoms with Crippen LogP contribution in [0.2, 0.25) is 0 Å². The summed E-state index contributed by atoms with van der Waals surface area (Å²) >= 11 is 0. The van der Waals surface area contributed by atoms with Gasteiger partial charge >= 0.3 is 47.6 Å². The van der Waals surface area contributed by atoms with Gasteiger partial charge in [0.05, 0.1) is 14.2 Å². The summed E-state index contributed by atoms with van der Waals surface area (Å²) in [6, 6.07) is 3.51. The van der Waals surface area contributed by atoms with E-state index in [0.717, 1.165) is 18.5 Å². The van der Waals surface area contributed by atoms with Crippen LogP contribution in [0.1, 0.15) is 5.56 Å². The predicted molar refractivity (Wildman–Crippen MR) is 96.9 cm³/mol. The molecule has 0 saturated carbocycles. The van der Waals surface area contributed by atoms with Crippen LogP contribution in [-0.4, -0.2) is 74.3 Å². The zero-order valence-electron chi connectivity index (χ0n) is 19.3. The number of methoxy groups -OCH3 is 2. The maximum absolute atomic E-state index is 13.9. The van der Waals surface area contributed by atoms with Crippen molar-refractivity contribution in [3.63, 3.8) is 0 Å². The van der Waals surface area contributed by atoms with E-state index in [1.165, 1.54) is 19.2 Å². The highest BCUT2D eigenvalue weighted by Gasteiger charge is 2.95. The van der Waals surface area contributed by atoms with E-state index in [1.54, 1.807) is 0 Å². The molecule has 0 aromatic heterocycles. The molecular formula is C19H14F17NO3. The molecule has 0 atom stereocenters. The summed E-state index contributed by atoms with van der Waals surface area (Å²) in [5.74, 6) is -61.6. The highest BCUT2D eigenvalue weighted by atomic mass is 19.4. The largest absolute Gasteiger partial charge is 0.493 e. The number of carbonyl (C=O) groups excluding carboxylic acids is 1. The molecule has 0 heterocycles. The highest BCUT2D eigenvalue weighted by Crippen LogP contribution is 2.63. The van der Waals surface area contributed by atoms with Crippen LogP contribution in [0.4, 0.5) is 74.6 Å². The normalized spacial score (nSPS) is 14.7. The Hall–Kier alpha value is -2.90. The van der Waals surface area contributed by atoms with Crippen LogP contribution < -0.4 is 14.8 Å². The number of halogens is 17. The molecule has 0 aliphatic heterocycles. The van der Waals surface area contributed by atoms with Crippen molar-refractivity contribution in [2.75, 3.05) is 20.8 Å². The van der Waals surface area contributed by atoms with E-state index in [2.05, 4.69) is 0 Å². The van der Waals surface area contributed by atoms with E-state index < -0.39 is 66.5 Å². The maximum atomic E-state index is 13.9. The van der Waals surface area contributed by atoms with Crippen molar-refractivity contribution < 1.29 is 88.9 Å². The number of rotatable bonds is 12. The number of nitrogens with one attached hydrogen (secondary N) is 1. The van der Waals surface area contributed by atoms with Crippen LogP contribution in [0.5, 0.6) is 11.5 Å². The number of hydrogen-bond donors (Lipinski definition) is 1. The summed E-state index contributed by atoms with van der Waals surface area (Å²) in [6.07, 6.45) is -8.44. The first-order valence-corrected chi connectivity index (χ1v) is 9.84. The second kappa shape index (κ2) is 10.5. The Balaban J connectivity index is 3.32. The van der Waals surface area contributed by atoms with E-state index in [4.69, 9.17) is 9.47 Å². The molecule has 40 heavy (non-hydrogen) atoms. The quantitative estimate of drug-likeness (QED) is 0.274. The molecule has 1 aromatic rings. The van der Waals surface area contributed by atoms with Crippen molar-refractivity contribution in [2.24, 2.45) is 0 Å². The van der Waals surface area contributed by atoms with Crippen molar-refractivity contribution in [3.8, 4) is 11.5 Å². The van der Waals surface area contributed by atoms with Gasteiger partial charge in [0, 0.05) is 6.54 Å². The van der Waals surface area contributed by atoms with Crippen molar-refractivity contribution >= 4 is 5.91 Å². The molecule has 4 nitrogen and oxygen atoms in total. The summed E-state index contributed by atoms with van der Waals surface area (Å²) in [7, 11) is 2.32. The fourth-order valence-corrected chi connectivity index (χ4v) is 2.77. The molecule has 1 amide bonds. The smallest absolute Gasteiger partial charge is 0.460 e. The standard InChI is InChI=1S/C19H14F17NO3/c1-39-9-4-3-8(7-10(9)40-2)5-6-37-11(38)12(20,21)13(22,23)14(24,25)15(26,27)16(28,29)17(30,31)18(32,33)19(34,35)36/h3-4,7H,5-6H2,1-2H3,(H,37,38). The maximum Gasteiger partial charge on any atom is 0.460 e. The topological polar surface area (TPSA) is 47.6 Å². The van der Waals surface area contributed by atoms with E-state index in [1.807, 2.05) is 0 Å². The molecule has 0 saturated heterocycles. The summed E-state index contributed by atoms with van der Waals surface area (Å²) in [6.45, 7) is -1.17. The third-order valence-electron chi connectivity index (χ3n) is 5.15. The minimum absolute atomic E-state index is 0.00102. The summed E-state index contributed by atoms with van der Waals surface area (Å²) in [5, 5.41) is 0.857. The minimum Gasteiger partial charge on any atom is -0.493 e. The van der Waals surface area contributed by atoms with Gasteiger partial charge in [-0.2, -0.15) is 74.6 Å². The fraction of sp³-hybridized carbons (Fsp3) is 0.632. The number of ether oxygens (including phenoxy) is 2. The second-order valence-electron chi connectivity index (χ2n) is 7.71. The van der Waals surface area contributed by atoms with Crippen LogP contribution in [0.25, 0.3) is 0 Å². The Kier molecular flexibility index (Phi) is 9.22. The zero-order chi connectivity index (χ0) is 32.0. The van der Waals surface area contributed by atoms with Crippen molar-refractivity contribution in [2.45, 2.75) is 54.1 Å². The first kappa shape index (κ1) is 35.1. The van der Waals surface area contributed by atoms with Gasteiger partial charge in [0.25, 0.3) is 5.91 Å². The lowest BCUT2D eigenvalue weighted by molar-refractivity contribution is -0.459. The number of hydrogen-bond acceptors (Lipinski definition) is 3. The van der Waals surface area contributed by atoms with Crippen LogP contribution in [-0.2, 0) is 11.2 Å². The van der Waals surface area contributed by atoms with Gasteiger partial charge in [-0.25, -0.2) is 0 Å². The Labute approximate surface area is 211 Å². The van der Waals surface area contributed by atoms with Crippen molar-refractivity contribution in [3.05, 3.63) is 23.8 Å². The Morgan fingerprint density at radius 2 is 1.02 bits per heavy atom. The first-order valence-electron chi connectivity index (χ1n) is 9.84. The first-order chi connectivity index (χ1) is 17.6. The minimum atomic E-state index is -8.76. The van der Waals surface area contributed by atoms with Gasteiger partial charge in [-0.15, -0.1) is 0 Å². The van der Waals surface area contributed by atoms with Gasteiger partial charge in [0.15, 0.2) is 11.5 Å². The third-order valence-corrected chi connectivity index (χ3v) is 5.15. The van der Waals surface area contributed by atoms with Gasteiger partial charge in [-0.1, -0.05) is 6.07 Å². The molecule has 0 bridgehead atoms. The third kappa shape index (κ3) is 5.14. The molecule has 0 aliphatic rings. The molecule has 0 radical (unpaired) electrons. The molecule has 0 spiro atoms. The van der Waals surface area contributed by atoms with Gasteiger partial charge < -0.3 is 14.8 Å². The highest BCUT2D eigenvalue weighted by molar-refractivity contribution is 5.84. The van der Waals surface area contributed by atoms with Crippen LogP contribution in [0.15, 0.2) is 18.2 Å². The van der Waals surface area contributed by atoms with Crippen LogP contribution in [0, 0.1) is 0 Å². The Morgan fingerprint density at radius 3 is 1.43 bits per heavy atom. The SMILES string of the molecule is COc1ccc(CCNC(=O)C(F)(F)C(F)(F)C(F)(F)C(F)(F)C(F)(F)C(F)(F)C(F)(F)C(F)(F)F)cc1OC. The summed E-state index contributed by atoms with van der Waals surface area (Å²) in [4.78, 5) is 11.5. The summed E-state index contributed by atoms with van der Waals surface area (Å²) in [5.41, 5.74) is 0.0531. The van der Waals surface area contributed by atoms with Crippen LogP contribution in [0.3, 0.4) is 0 Å². The van der Waals surface area contributed by atoms with E-state index in [0.29, 0.717) is 0 Å². The molecule has 232 valence electrons. The number of alkyl halides is 17. The van der Waals surface area contributed by atoms with Crippen molar-refractivity contribution in [1.82, 2.24) is 5.32 Å². The molecule has 0 unspecified atom stereocenters. The zero-order valence-corrected chi connectivity index (χ0v) is 19.3. The van der Waals surface area contributed by atoms with E-state index >= 15 is 0 Å². The number of benzene rings is 1. The van der Waals surface area contributed by atoms with E-state index in [9.17, 15) is 79.4 Å². The van der Waals surface area contributed by atoms with Crippen molar-refractivity contribution in [1.29, 1.82) is 0 Å². The summed E-state index contributed by atoms with van der Waals surface area (Å²) < 4.78 is 235. The molecule has 0 aliphatic carbocycles. The number of amides is 1. The molecule has 1 aromatic carbocycles. The second-order valence-corrected chi connectivity index (χ2v) is 7.71. The lowest BCUT2D eigenvalue weighted by Gasteiger charge is -2.42. The monoisotopic (exact) mass is 627 g/mol. The Bertz CT molecular complexity index is 1070. The molecular weight excluding hydrogens is 613 g/mol. The van der Waals surface area contributed by atoms with Gasteiger partial charge in [0.2, 0.25) is 0 Å². The lowest BCUT2D eigenvalue weighted by atomic mass is 9.89. The Morgan fingerprint density at radius 1 is 0.625 bits per heavy atom. The molecule has 21 heteroatoms. The molecule has 0 fully saturated rings. The average Bonchev–Trinajstić information content (AvgIpc) is 2.82. The number of carbonyl (C=O) groups is 1. The van der Waals surface area contributed by atoms with Gasteiger partial charge in [-0.3, -0.25) is 4.79 Å². The average molecular weight is 627 g/mol. The molecule has 1 rings (SSSR count).